The normalized spacial score (nSPS) is 16.5. The molecule has 0 amide bonds. The van der Waals surface area contributed by atoms with Crippen molar-refractivity contribution in [3.05, 3.63) is 0 Å². The molecule has 20 heavy (non-hydrogen) atoms. The van der Waals surface area contributed by atoms with Crippen molar-refractivity contribution in [2.24, 2.45) is 5.73 Å². The van der Waals surface area contributed by atoms with Gasteiger partial charge in [0.1, 0.15) is 6.04 Å². The summed E-state index contributed by atoms with van der Waals surface area (Å²) in [6.07, 6.45) is -8.88. The van der Waals surface area contributed by atoms with Crippen molar-refractivity contribution >= 4 is 0 Å². The highest BCUT2D eigenvalue weighted by Gasteiger charge is 2.45. The molecule has 0 saturated heterocycles. The average molecular weight is 308 g/mol. The summed E-state index contributed by atoms with van der Waals surface area (Å²) in [4.78, 5) is 0.457. The van der Waals surface area contributed by atoms with E-state index < -0.39 is 24.9 Å². The van der Waals surface area contributed by atoms with Gasteiger partial charge in [-0.15, -0.1) is 0 Å². The first-order valence-corrected chi connectivity index (χ1v) is 6.64. The molecule has 0 aliphatic carbocycles. The molecule has 0 aromatic rings. The van der Waals surface area contributed by atoms with Crippen LogP contribution in [0.15, 0.2) is 0 Å². The maximum Gasteiger partial charge on any atom is 0.404 e. The summed E-state index contributed by atoms with van der Waals surface area (Å²) in [6.45, 7) is 1.39. The molecule has 2 atom stereocenters. The van der Waals surface area contributed by atoms with Gasteiger partial charge in [0.25, 0.3) is 0 Å². The Hall–Kier alpha value is -0.500. The molecule has 0 bridgehead atoms. The summed E-state index contributed by atoms with van der Waals surface area (Å²) >= 11 is 0. The first-order valence-electron chi connectivity index (χ1n) is 6.64. The lowest BCUT2D eigenvalue weighted by Gasteiger charge is -2.34. The van der Waals surface area contributed by atoms with Crippen LogP contribution < -0.4 is 5.73 Å². The predicted molar refractivity (Wildman–Crippen MR) is 65.3 cm³/mol. The standard InChI is InChI=1S/C12H22F6N2/c1-3-5-10(12(16,17)18)20(8-11(13,14)15)7-6-9(19)4-2/h9-10H,3-8,19H2,1-2H3. The van der Waals surface area contributed by atoms with Crippen molar-refractivity contribution in [3.63, 3.8) is 0 Å². The number of halogens is 6. The molecule has 8 heteroatoms. The summed E-state index contributed by atoms with van der Waals surface area (Å²) < 4.78 is 76.1. The third kappa shape index (κ3) is 7.94. The van der Waals surface area contributed by atoms with Crippen LogP contribution in [-0.2, 0) is 0 Å². The van der Waals surface area contributed by atoms with Gasteiger partial charge in [-0.2, -0.15) is 26.3 Å². The van der Waals surface area contributed by atoms with Gasteiger partial charge >= 0.3 is 12.4 Å². The van der Waals surface area contributed by atoms with Crippen molar-refractivity contribution in [3.8, 4) is 0 Å². The Morgan fingerprint density at radius 1 is 1.00 bits per heavy atom. The van der Waals surface area contributed by atoms with Gasteiger partial charge in [0.15, 0.2) is 0 Å². The molecule has 2 N–H and O–H groups in total. The molecule has 0 spiro atoms. The van der Waals surface area contributed by atoms with Gasteiger partial charge in [-0.25, -0.2) is 0 Å². The SMILES string of the molecule is CCCC(N(CCC(N)CC)CC(F)(F)F)C(F)(F)F. The average Bonchev–Trinajstić information content (AvgIpc) is 2.28. The first-order chi connectivity index (χ1) is 9.01. The minimum atomic E-state index is -4.67. The van der Waals surface area contributed by atoms with Crippen LogP contribution in [0.25, 0.3) is 0 Å². The minimum absolute atomic E-state index is 0.114. The number of hydrogen-bond acceptors (Lipinski definition) is 2. The van der Waals surface area contributed by atoms with Crippen molar-refractivity contribution in [2.75, 3.05) is 13.1 Å². The van der Waals surface area contributed by atoms with Crippen LogP contribution in [0, 0.1) is 0 Å². The van der Waals surface area contributed by atoms with Crippen molar-refractivity contribution in [2.45, 2.75) is 64.0 Å². The molecule has 0 heterocycles. The molecule has 0 saturated carbocycles. The molecular formula is C12H22F6N2. The van der Waals surface area contributed by atoms with Gasteiger partial charge in [-0.1, -0.05) is 20.3 Å². The molecule has 0 aromatic carbocycles. The summed E-state index contributed by atoms with van der Waals surface area (Å²) in [5, 5.41) is 0. The van der Waals surface area contributed by atoms with E-state index in [1.54, 1.807) is 6.92 Å². The molecule has 122 valence electrons. The van der Waals surface area contributed by atoms with E-state index in [-0.39, 0.29) is 31.8 Å². The lowest BCUT2D eigenvalue weighted by molar-refractivity contribution is -0.211. The predicted octanol–water partition coefficient (Wildman–Crippen LogP) is 3.71. The van der Waals surface area contributed by atoms with E-state index in [2.05, 4.69) is 0 Å². The Bertz CT molecular complexity index is 264. The second-order valence-electron chi connectivity index (χ2n) is 4.89. The maximum atomic E-state index is 12.9. The Kier molecular flexibility index (Phi) is 7.87. The second-order valence-corrected chi connectivity index (χ2v) is 4.89. The fraction of sp³-hybridized carbons (Fsp3) is 1.00. The van der Waals surface area contributed by atoms with Gasteiger partial charge in [0.2, 0.25) is 0 Å². The van der Waals surface area contributed by atoms with Crippen LogP contribution >= 0.6 is 0 Å². The highest BCUT2D eigenvalue weighted by molar-refractivity contribution is 4.81. The molecular weight excluding hydrogens is 286 g/mol. The van der Waals surface area contributed by atoms with E-state index in [0.717, 1.165) is 0 Å². The molecule has 0 aromatic heterocycles. The van der Waals surface area contributed by atoms with E-state index in [0.29, 0.717) is 11.3 Å². The second kappa shape index (κ2) is 8.07. The highest BCUT2D eigenvalue weighted by atomic mass is 19.4. The number of nitrogens with two attached hydrogens (primary N) is 1. The Morgan fingerprint density at radius 2 is 1.55 bits per heavy atom. The summed E-state index contributed by atoms with van der Waals surface area (Å²) in [6, 6.07) is -2.46. The minimum Gasteiger partial charge on any atom is -0.328 e. The van der Waals surface area contributed by atoms with E-state index in [4.69, 9.17) is 5.73 Å². The third-order valence-corrected chi connectivity index (χ3v) is 3.07. The number of nitrogens with zero attached hydrogens (tertiary/aromatic N) is 1. The topological polar surface area (TPSA) is 29.3 Å². The molecule has 0 radical (unpaired) electrons. The Morgan fingerprint density at radius 3 is 1.90 bits per heavy atom. The lowest BCUT2D eigenvalue weighted by Crippen LogP contribution is -2.50. The molecule has 2 unspecified atom stereocenters. The van der Waals surface area contributed by atoms with Crippen molar-refractivity contribution in [1.82, 2.24) is 4.90 Å². The quantitative estimate of drug-likeness (QED) is 0.693. The molecule has 0 fully saturated rings. The number of rotatable bonds is 8. The highest BCUT2D eigenvalue weighted by Crippen LogP contribution is 2.30. The lowest BCUT2D eigenvalue weighted by atomic mass is 10.1. The van der Waals surface area contributed by atoms with Gasteiger partial charge in [-0.3, -0.25) is 4.90 Å². The van der Waals surface area contributed by atoms with Crippen LogP contribution in [0.3, 0.4) is 0 Å². The van der Waals surface area contributed by atoms with E-state index in [1.807, 2.05) is 0 Å². The van der Waals surface area contributed by atoms with Gasteiger partial charge < -0.3 is 5.73 Å². The van der Waals surface area contributed by atoms with Gasteiger partial charge in [0, 0.05) is 12.6 Å². The maximum absolute atomic E-state index is 12.9. The Balaban J connectivity index is 4.94. The van der Waals surface area contributed by atoms with E-state index in [9.17, 15) is 26.3 Å². The zero-order chi connectivity index (χ0) is 16.0. The van der Waals surface area contributed by atoms with Crippen LogP contribution in [0.1, 0.15) is 39.5 Å². The smallest absolute Gasteiger partial charge is 0.328 e. The van der Waals surface area contributed by atoms with Crippen molar-refractivity contribution < 1.29 is 26.3 Å². The summed E-state index contributed by atoms with van der Waals surface area (Å²) in [5.74, 6) is 0. The fourth-order valence-corrected chi connectivity index (χ4v) is 1.94. The number of alkyl halides is 6. The molecule has 2 nitrogen and oxygen atoms in total. The van der Waals surface area contributed by atoms with Crippen LogP contribution in [0.2, 0.25) is 0 Å². The summed E-state index contributed by atoms with van der Waals surface area (Å²) in [5.41, 5.74) is 5.58. The number of hydrogen-bond donors (Lipinski definition) is 1. The van der Waals surface area contributed by atoms with Gasteiger partial charge in [0.05, 0.1) is 6.54 Å². The van der Waals surface area contributed by atoms with Crippen LogP contribution in [0.5, 0.6) is 0 Å². The summed E-state index contributed by atoms with van der Waals surface area (Å²) in [7, 11) is 0. The van der Waals surface area contributed by atoms with Crippen LogP contribution in [0.4, 0.5) is 26.3 Å². The molecule has 0 rings (SSSR count). The zero-order valence-corrected chi connectivity index (χ0v) is 11.7. The third-order valence-electron chi connectivity index (χ3n) is 3.07. The largest absolute Gasteiger partial charge is 0.404 e. The monoisotopic (exact) mass is 308 g/mol. The zero-order valence-electron chi connectivity index (χ0n) is 11.7. The Labute approximate surface area is 115 Å². The van der Waals surface area contributed by atoms with Gasteiger partial charge in [-0.05, 0) is 19.3 Å². The molecule has 0 aliphatic rings. The molecule has 0 aliphatic heterocycles. The van der Waals surface area contributed by atoms with E-state index >= 15 is 0 Å². The first kappa shape index (κ1) is 19.5. The van der Waals surface area contributed by atoms with Crippen LogP contribution in [-0.4, -0.2) is 42.4 Å². The van der Waals surface area contributed by atoms with Crippen molar-refractivity contribution in [1.29, 1.82) is 0 Å². The fourth-order valence-electron chi connectivity index (χ4n) is 1.94. The van der Waals surface area contributed by atoms with E-state index in [1.165, 1.54) is 6.92 Å².